The molecule has 0 unspecified atom stereocenters. The Morgan fingerprint density at radius 1 is 1.38 bits per heavy atom. The van der Waals surface area contributed by atoms with Crippen LogP contribution in [0.5, 0.6) is 0 Å². The quantitative estimate of drug-likeness (QED) is 0.361. The number of rotatable bonds is 6. The molecule has 1 aromatic carbocycles. The average Bonchev–Trinajstić information content (AvgIpc) is 3.01. The van der Waals surface area contributed by atoms with Crippen LogP contribution in [0.2, 0.25) is 5.02 Å². The maximum atomic E-state index is 12.2. The van der Waals surface area contributed by atoms with Crippen LogP contribution >= 0.6 is 11.6 Å². The van der Waals surface area contributed by atoms with Gasteiger partial charge < -0.3 is 10.5 Å². The summed E-state index contributed by atoms with van der Waals surface area (Å²) in [6.07, 6.45) is 1.62. The minimum atomic E-state index is -0.727. The highest BCUT2D eigenvalue weighted by atomic mass is 35.5. The first-order chi connectivity index (χ1) is 13.8. The average molecular weight is 418 g/mol. The van der Waals surface area contributed by atoms with Gasteiger partial charge in [0.25, 0.3) is 5.69 Å². The van der Waals surface area contributed by atoms with Gasteiger partial charge in [0.2, 0.25) is 0 Å². The SMILES string of the molecule is Cc1ncc(Cn2nnc(COC(=O)c3ccc([N+](=O)[O-])cc3Cl)c2C)c(N)n1. The van der Waals surface area contributed by atoms with Crippen molar-refractivity contribution in [3.8, 4) is 0 Å². The van der Waals surface area contributed by atoms with E-state index in [1.807, 2.05) is 0 Å². The van der Waals surface area contributed by atoms with Crippen LogP contribution in [0, 0.1) is 24.0 Å². The van der Waals surface area contributed by atoms with E-state index in [2.05, 4.69) is 20.3 Å². The number of carbonyl (C=O) groups is 1. The number of ether oxygens (including phenoxy) is 1. The molecule has 0 aliphatic rings. The second kappa shape index (κ2) is 8.19. The summed E-state index contributed by atoms with van der Waals surface area (Å²) >= 11 is 5.94. The van der Waals surface area contributed by atoms with Gasteiger partial charge in [0, 0.05) is 23.9 Å². The van der Waals surface area contributed by atoms with Gasteiger partial charge in [-0.1, -0.05) is 16.8 Å². The molecule has 0 bridgehead atoms. The Hall–Kier alpha value is -3.60. The molecule has 0 aliphatic carbocycles. The molecule has 3 rings (SSSR count). The molecule has 11 nitrogen and oxygen atoms in total. The van der Waals surface area contributed by atoms with Crippen molar-refractivity contribution < 1.29 is 14.5 Å². The highest BCUT2D eigenvalue weighted by Gasteiger charge is 2.18. The Bertz CT molecular complexity index is 1100. The summed E-state index contributed by atoms with van der Waals surface area (Å²) in [5, 5.41) is 18.7. The number of carbonyl (C=O) groups excluding carboxylic acids is 1. The number of halogens is 1. The van der Waals surface area contributed by atoms with Crippen LogP contribution in [0.25, 0.3) is 0 Å². The van der Waals surface area contributed by atoms with E-state index in [4.69, 9.17) is 22.1 Å². The van der Waals surface area contributed by atoms with Gasteiger partial charge in [-0.25, -0.2) is 19.4 Å². The summed E-state index contributed by atoms with van der Waals surface area (Å²) in [6.45, 7) is 3.68. The third-order valence-electron chi connectivity index (χ3n) is 4.14. The lowest BCUT2D eigenvalue weighted by Crippen LogP contribution is -2.10. The zero-order valence-corrected chi connectivity index (χ0v) is 16.3. The molecule has 0 amide bonds. The molecule has 150 valence electrons. The van der Waals surface area contributed by atoms with E-state index in [0.29, 0.717) is 35.1 Å². The van der Waals surface area contributed by atoms with E-state index in [1.54, 1.807) is 24.7 Å². The molecular formula is C17H16ClN7O4. The predicted octanol–water partition coefficient (Wildman–Crippen LogP) is 2.23. The molecule has 2 N–H and O–H groups in total. The fraction of sp³-hybridized carbons (Fsp3) is 0.235. The van der Waals surface area contributed by atoms with Gasteiger partial charge in [-0.2, -0.15) is 0 Å². The maximum Gasteiger partial charge on any atom is 0.340 e. The Balaban J connectivity index is 1.69. The Labute approximate surface area is 169 Å². The van der Waals surface area contributed by atoms with Gasteiger partial charge in [0.1, 0.15) is 23.9 Å². The lowest BCUT2D eigenvalue weighted by atomic mass is 10.2. The van der Waals surface area contributed by atoms with Gasteiger partial charge in [-0.3, -0.25) is 10.1 Å². The minimum absolute atomic E-state index is 0.0203. The third-order valence-corrected chi connectivity index (χ3v) is 4.45. The van der Waals surface area contributed by atoms with Crippen LogP contribution < -0.4 is 5.73 Å². The van der Waals surface area contributed by atoms with Crippen molar-refractivity contribution in [3.05, 3.63) is 67.9 Å². The first kappa shape index (κ1) is 20.1. The molecule has 0 saturated heterocycles. The van der Waals surface area contributed by atoms with Crippen molar-refractivity contribution in [1.82, 2.24) is 25.0 Å². The second-order valence-corrected chi connectivity index (χ2v) is 6.51. The Morgan fingerprint density at radius 2 is 2.14 bits per heavy atom. The maximum absolute atomic E-state index is 12.2. The fourth-order valence-electron chi connectivity index (χ4n) is 2.47. The number of benzene rings is 1. The van der Waals surface area contributed by atoms with Crippen LogP contribution in [-0.4, -0.2) is 35.9 Å². The molecule has 0 spiro atoms. The summed E-state index contributed by atoms with van der Waals surface area (Å²) < 4.78 is 6.81. The number of nitro benzene ring substituents is 1. The fourth-order valence-corrected chi connectivity index (χ4v) is 2.72. The number of esters is 1. The summed E-state index contributed by atoms with van der Waals surface area (Å²) in [7, 11) is 0. The lowest BCUT2D eigenvalue weighted by Gasteiger charge is -2.07. The number of aryl methyl sites for hydroxylation is 1. The number of nitro groups is 1. The minimum Gasteiger partial charge on any atom is -0.455 e. The molecule has 0 fully saturated rings. The van der Waals surface area contributed by atoms with Crippen LogP contribution in [0.4, 0.5) is 11.5 Å². The van der Waals surface area contributed by atoms with Crippen LogP contribution in [0.15, 0.2) is 24.4 Å². The number of anilines is 1. The van der Waals surface area contributed by atoms with Gasteiger partial charge in [0.15, 0.2) is 0 Å². The molecular weight excluding hydrogens is 402 g/mol. The zero-order valence-electron chi connectivity index (χ0n) is 15.5. The number of nitrogens with zero attached hydrogens (tertiary/aromatic N) is 6. The van der Waals surface area contributed by atoms with Gasteiger partial charge >= 0.3 is 5.97 Å². The largest absolute Gasteiger partial charge is 0.455 e. The van der Waals surface area contributed by atoms with Crippen LogP contribution in [-0.2, 0) is 17.9 Å². The number of non-ortho nitro benzene ring substituents is 1. The van der Waals surface area contributed by atoms with Crippen molar-refractivity contribution in [2.75, 3.05) is 5.73 Å². The van der Waals surface area contributed by atoms with Crippen molar-refractivity contribution >= 4 is 29.1 Å². The Morgan fingerprint density at radius 3 is 2.79 bits per heavy atom. The van der Waals surface area contributed by atoms with Crippen molar-refractivity contribution in [2.45, 2.75) is 27.0 Å². The number of hydrogen-bond donors (Lipinski definition) is 1. The van der Waals surface area contributed by atoms with E-state index >= 15 is 0 Å². The van der Waals surface area contributed by atoms with Crippen LogP contribution in [0.3, 0.4) is 0 Å². The number of aromatic nitrogens is 5. The van der Waals surface area contributed by atoms with E-state index < -0.39 is 10.9 Å². The van der Waals surface area contributed by atoms with Gasteiger partial charge in [-0.05, 0) is 19.9 Å². The number of nitrogen functional groups attached to an aromatic ring is 1. The molecule has 12 heteroatoms. The van der Waals surface area contributed by atoms with E-state index in [1.165, 1.54) is 12.1 Å². The van der Waals surface area contributed by atoms with Crippen molar-refractivity contribution in [1.29, 1.82) is 0 Å². The first-order valence-corrected chi connectivity index (χ1v) is 8.72. The number of nitrogens with two attached hydrogens (primary N) is 1. The third kappa shape index (κ3) is 4.46. The molecule has 0 atom stereocenters. The molecule has 3 aromatic rings. The predicted molar refractivity (Wildman–Crippen MR) is 102 cm³/mol. The summed E-state index contributed by atoms with van der Waals surface area (Å²) in [4.78, 5) is 30.6. The van der Waals surface area contributed by atoms with Crippen LogP contribution in [0.1, 0.15) is 33.1 Å². The van der Waals surface area contributed by atoms with E-state index in [9.17, 15) is 14.9 Å². The molecule has 29 heavy (non-hydrogen) atoms. The van der Waals surface area contributed by atoms with Crippen molar-refractivity contribution in [3.63, 3.8) is 0 Å². The Kier molecular flexibility index (Phi) is 5.69. The zero-order chi connectivity index (χ0) is 21.1. The van der Waals surface area contributed by atoms with Gasteiger partial charge in [0.05, 0.1) is 27.7 Å². The molecule has 0 aliphatic heterocycles. The smallest absolute Gasteiger partial charge is 0.340 e. The molecule has 2 aromatic heterocycles. The summed E-state index contributed by atoms with van der Waals surface area (Å²) in [6, 6.07) is 3.51. The highest BCUT2D eigenvalue weighted by Crippen LogP contribution is 2.23. The standard InChI is InChI=1S/C17H16ClN7O4/c1-9-15(22-23-24(9)7-11-6-20-10(2)21-16(11)19)8-29-17(26)13-4-3-12(25(27)28)5-14(13)18/h3-6H,7-8H2,1-2H3,(H2,19,20,21). The monoisotopic (exact) mass is 417 g/mol. The summed E-state index contributed by atoms with van der Waals surface area (Å²) in [5.41, 5.74) is 7.50. The van der Waals surface area contributed by atoms with Gasteiger partial charge in [-0.15, -0.1) is 5.10 Å². The highest BCUT2D eigenvalue weighted by molar-refractivity contribution is 6.33. The molecule has 0 saturated carbocycles. The lowest BCUT2D eigenvalue weighted by molar-refractivity contribution is -0.384. The first-order valence-electron chi connectivity index (χ1n) is 8.34. The topological polar surface area (TPSA) is 152 Å². The summed E-state index contributed by atoms with van der Waals surface area (Å²) in [5.74, 6) is 0.197. The van der Waals surface area contributed by atoms with E-state index in [0.717, 1.165) is 6.07 Å². The second-order valence-electron chi connectivity index (χ2n) is 6.10. The van der Waals surface area contributed by atoms with E-state index in [-0.39, 0.29) is 22.9 Å². The normalized spacial score (nSPS) is 10.7. The van der Waals surface area contributed by atoms with Crippen molar-refractivity contribution in [2.24, 2.45) is 0 Å². The molecule has 2 heterocycles. The molecule has 0 radical (unpaired) electrons. The number of hydrogen-bond acceptors (Lipinski definition) is 9.